The highest BCUT2D eigenvalue weighted by atomic mass is 79.9. The van der Waals surface area contributed by atoms with Crippen molar-refractivity contribution in [2.75, 3.05) is 13.4 Å². The molecular weight excluding hydrogens is 308 g/mol. The van der Waals surface area contributed by atoms with E-state index < -0.39 is 9.84 Å². The quantitative estimate of drug-likeness (QED) is 0.778. The molecular formula is C11H13BrO4S. The van der Waals surface area contributed by atoms with Gasteiger partial charge in [0.2, 0.25) is 0 Å². The van der Waals surface area contributed by atoms with E-state index in [9.17, 15) is 13.2 Å². The second-order valence-corrected chi connectivity index (χ2v) is 6.43. The standard InChI is InChI=1S/C11H13BrO4S/c1-16-11-9(12)6-8(4-3-5-13)7-10(11)17(2,14)15/h5-7H,3-4H2,1-2H3. The molecule has 4 nitrogen and oxygen atoms in total. The number of aldehydes is 1. The summed E-state index contributed by atoms with van der Waals surface area (Å²) in [5, 5.41) is 0. The second kappa shape index (κ2) is 5.64. The van der Waals surface area contributed by atoms with Gasteiger partial charge in [-0.15, -0.1) is 0 Å². The number of rotatable bonds is 5. The van der Waals surface area contributed by atoms with Crippen molar-refractivity contribution in [2.24, 2.45) is 0 Å². The molecule has 0 atom stereocenters. The molecule has 1 rings (SSSR count). The van der Waals surface area contributed by atoms with Crippen molar-refractivity contribution in [3.8, 4) is 5.75 Å². The van der Waals surface area contributed by atoms with E-state index >= 15 is 0 Å². The van der Waals surface area contributed by atoms with Gasteiger partial charge in [-0.3, -0.25) is 0 Å². The molecule has 6 heteroatoms. The molecule has 0 aliphatic rings. The Morgan fingerprint density at radius 1 is 1.41 bits per heavy atom. The van der Waals surface area contributed by atoms with E-state index in [0.29, 0.717) is 23.1 Å². The van der Waals surface area contributed by atoms with Crippen molar-refractivity contribution < 1.29 is 17.9 Å². The van der Waals surface area contributed by atoms with Crippen LogP contribution in [0.25, 0.3) is 0 Å². The molecule has 0 saturated heterocycles. The molecule has 0 amide bonds. The fraction of sp³-hybridized carbons (Fsp3) is 0.364. The molecule has 1 aromatic rings. The normalized spacial score (nSPS) is 11.2. The van der Waals surface area contributed by atoms with Crippen molar-refractivity contribution >= 4 is 32.1 Å². The van der Waals surface area contributed by atoms with Gasteiger partial charge >= 0.3 is 0 Å². The van der Waals surface area contributed by atoms with Crippen molar-refractivity contribution in [1.29, 1.82) is 0 Å². The summed E-state index contributed by atoms with van der Waals surface area (Å²) in [5.41, 5.74) is 0.783. The molecule has 0 saturated carbocycles. The summed E-state index contributed by atoms with van der Waals surface area (Å²) in [4.78, 5) is 10.4. The Bertz CT molecular complexity index is 523. The molecule has 0 fully saturated rings. The zero-order valence-corrected chi connectivity index (χ0v) is 12.0. The minimum Gasteiger partial charge on any atom is -0.494 e. The van der Waals surface area contributed by atoms with E-state index in [1.165, 1.54) is 7.11 Å². The van der Waals surface area contributed by atoms with Crippen LogP contribution < -0.4 is 4.74 Å². The Kier molecular flexibility index (Phi) is 4.70. The number of sulfone groups is 1. The number of benzene rings is 1. The average molecular weight is 321 g/mol. The molecule has 0 N–H and O–H groups in total. The highest BCUT2D eigenvalue weighted by Gasteiger charge is 2.18. The molecule has 1 aromatic carbocycles. The van der Waals surface area contributed by atoms with Crippen molar-refractivity contribution in [3.05, 3.63) is 22.2 Å². The fourth-order valence-electron chi connectivity index (χ4n) is 1.47. The molecule has 17 heavy (non-hydrogen) atoms. The molecule has 0 radical (unpaired) electrons. The van der Waals surface area contributed by atoms with Crippen LogP contribution in [-0.4, -0.2) is 28.1 Å². The van der Waals surface area contributed by atoms with Crippen molar-refractivity contribution in [2.45, 2.75) is 17.7 Å². The Balaban J connectivity index is 3.34. The van der Waals surface area contributed by atoms with Crippen LogP contribution in [0, 0.1) is 0 Å². The van der Waals surface area contributed by atoms with E-state index in [4.69, 9.17) is 4.74 Å². The van der Waals surface area contributed by atoms with Gasteiger partial charge in [-0.2, -0.15) is 0 Å². The SMILES string of the molecule is COc1c(Br)cc(CCC=O)cc1S(C)(=O)=O. The maximum Gasteiger partial charge on any atom is 0.179 e. The lowest BCUT2D eigenvalue weighted by Gasteiger charge is -2.11. The van der Waals surface area contributed by atoms with Gasteiger partial charge < -0.3 is 9.53 Å². The summed E-state index contributed by atoms with van der Waals surface area (Å²) in [5.74, 6) is 0.294. The lowest BCUT2D eigenvalue weighted by atomic mass is 10.1. The molecule has 0 bridgehead atoms. The number of methoxy groups -OCH3 is 1. The Hall–Kier alpha value is -0.880. The molecule has 0 aliphatic carbocycles. The second-order valence-electron chi connectivity index (χ2n) is 3.59. The fourth-order valence-corrected chi connectivity index (χ4v) is 3.16. The third-order valence-corrected chi connectivity index (χ3v) is 3.92. The van der Waals surface area contributed by atoms with Gasteiger partial charge in [0.15, 0.2) is 15.6 Å². The predicted octanol–water partition coefficient (Wildman–Crippen LogP) is 1.99. The smallest absolute Gasteiger partial charge is 0.179 e. The van der Waals surface area contributed by atoms with Crippen LogP contribution in [0.1, 0.15) is 12.0 Å². The minimum atomic E-state index is -3.36. The van der Waals surface area contributed by atoms with E-state index in [1.54, 1.807) is 12.1 Å². The minimum absolute atomic E-state index is 0.135. The number of hydrogen-bond donors (Lipinski definition) is 0. The zero-order chi connectivity index (χ0) is 13.1. The van der Waals surface area contributed by atoms with Crippen molar-refractivity contribution in [1.82, 2.24) is 0 Å². The first kappa shape index (κ1) is 14.2. The van der Waals surface area contributed by atoms with Gasteiger partial charge in [0.05, 0.1) is 11.6 Å². The number of halogens is 1. The first-order valence-electron chi connectivity index (χ1n) is 4.90. The van der Waals surface area contributed by atoms with Crippen LogP contribution in [0.15, 0.2) is 21.5 Å². The molecule has 0 aromatic heterocycles. The molecule has 0 aliphatic heterocycles. The van der Waals surface area contributed by atoms with Gasteiger partial charge in [-0.25, -0.2) is 8.42 Å². The first-order chi connectivity index (χ1) is 7.90. The summed E-state index contributed by atoms with van der Waals surface area (Å²) >= 11 is 3.26. The first-order valence-corrected chi connectivity index (χ1v) is 7.58. The Morgan fingerprint density at radius 2 is 2.06 bits per heavy atom. The summed E-state index contributed by atoms with van der Waals surface area (Å²) in [6.07, 6.45) is 2.80. The van der Waals surface area contributed by atoms with E-state index in [1.807, 2.05) is 0 Å². The molecule has 0 spiro atoms. The van der Waals surface area contributed by atoms with Crippen LogP contribution in [-0.2, 0) is 21.1 Å². The highest BCUT2D eigenvalue weighted by Crippen LogP contribution is 2.33. The lowest BCUT2D eigenvalue weighted by molar-refractivity contribution is -0.107. The predicted molar refractivity (Wildman–Crippen MR) is 68.2 cm³/mol. The van der Waals surface area contributed by atoms with Crippen molar-refractivity contribution in [3.63, 3.8) is 0 Å². The van der Waals surface area contributed by atoms with Gasteiger partial charge in [0, 0.05) is 12.7 Å². The van der Waals surface area contributed by atoms with Gasteiger partial charge in [0.25, 0.3) is 0 Å². The van der Waals surface area contributed by atoms with Crippen LogP contribution >= 0.6 is 15.9 Å². The highest BCUT2D eigenvalue weighted by molar-refractivity contribution is 9.10. The largest absolute Gasteiger partial charge is 0.494 e. The van der Waals surface area contributed by atoms with E-state index in [-0.39, 0.29) is 4.90 Å². The summed E-state index contributed by atoms with van der Waals surface area (Å²) in [6.45, 7) is 0. The molecule has 0 heterocycles. The van der Waals surface area contributed by atoms with Gasteiger partial charge in [0.1, 0.15) is 11.2 Å². The number of carbonyl (C=O) groups excluding carboxylic acids is 1. The summed E-state index contributed by atoms with van der Waals surface area (Å²) in [7, 11) is -1.94. The maximum atomic E-state index is 11.6. The number of hydrogen-bond acceptors (Lipinski definition) is 4. The third kappa shape index (κ3) is 3.54. The Labute approximate surface area is 109 Å². The lowest BCUT2D eigenvalue weighted by Crippen LogP contribution is -2.03. The van der Waals surface area contributed by atoms with E-state index in [2.05, 4.69) is 15.9 Å². The molecule has 0 unspecified atom stereocenters. The monoisotopic (exact) mass is 320 g/mol. The van der Waals surface area contributed by atoms with E-state index in [0.717, 1.165) is 18.1 Å². The number of ether oxygens (including phenoxy) is 1. The Morgan fingerprint density at radius 3 is 2.53 bits per heavy atom. The molecule has 94 valence electrons. The summed E-state index contributed by atoms with van der Waals surface area (Å²) in [6, 6.07) is 3.30. The topological polar surface area (TPSA) is 60.4 Å². The van der Waals surface area contributed by atoms with Crippen LogP contribution in [0.5, 0.6) is 5.75 Å². The van der Waals surface area contributed by atoms with Crippen LogP contribution in [0.3, 0.4) is 0 Å². The van der Waals surface area contributed by atoms with Crippen LogP contribution in [0.2, 0.25) is 0 Å². The zero-order valence-electron chi connectivity index (χ0n) is 9.57. The van der Waals surface area contributed by atoms with Gasteiger partial charge in [-0.05, 0) is 40.0 Å². The summed E-state index contributed by atoms with van der Waals surface area (Å²) < 4.78 is 28.9. The number of aryl methyl sites for hydroxylation is 1. The number of carbonyl (C=O) groups is 1. The van der Waals surface area contributed by atoms with Crippen LogP contribution in [0.4, 0.5) is 0 Å². The maximum absolute atomic E-state index is 11.6. The van der Waals surface area contributed by atoms with Gasteiger partial charge in [-0.1, -0.05) is 0 Å². The average Bonchev–Trinajstić information content (AvgIpc) is 2.24. The third-order valence-electron chi connectivity index (χ3n) is 2.22.